The van der Waals surface area contributed by atoms with Crippen LogP contribution in [0.1, 0.15) is 25.7 Å². The number of benzene rings is 1. The van der Waals surface area contributed by atoms with E-state index in [2.05, 4.69) is 39.8 Å². The van der Waals surface area contributed by atoms with Gasteiger partial charge in [0, 0.05) is 30.5 Å². The fraction of sp³-hybridized carbons (Fsp3) is 0.611. The number of rotatable bonds is 3. The molecule has 3 aliphatic rings. The quantitative estimate of drug-likeness (QED) is 0.833. The van der Waals surface area contributed by atoms with Crippen molar-refractivity contribution in [3.63, 3.8) is 0 Å². The van der Waals surface area contributed by atoms with Gasteiger partial charge >= 0.3 is 0 Å². The highest BCUT2D eigenvalue weighted by Gasteiger charge is 2.39. The van der Waals surface area contributed by atoms with E-state index < -0.39 is 0 Å². The molecule has 0 amide bonds. The predicted octanol–water partition coefficient (Wildman–Crippen LogP) is 3.00. The molecule has 2 saturated carbocycles. The van der Waals surface area contributed by atoms with Gasteiger partial charge in [-0.3, -0.25) is 0 Å². The highest BCUT2D eigenvalue weighted by molar-refractivity contribution is 7.80. The molecule has 0 unspecified atom stereocenters. The molecule has 1 aromatic carbocycles. The second-order valence-electron chi connectivity index (χ2n) is 7.03. The minimum atomic E-state index is 0.585. The van der Waals surface area contributed by atoms with E-state index in [1.165, 1.54) is 31.4 Å². The SMILES string of the molecule is S=C(Nc1ccc(N2CCOCC2)cc1)N[C@H]1C[C@H]2CC[C@H]1C2. The molecule has 2 bridgehead atoms. The van der Waals surface area contributed by atoms with Crippen molar-refractivity contribution in [2.45, 2.75) is 31.7 Å². The zero-order valence-electron chi connectivity index (χ0n) is 13.5. The normalized spacial score (nSPS) is 29.6. The summed E-state index contributed by atoms with van der Waals surface area (Å²) in [4.78, 5) is 2.36. The van der Waals surface area contributed by atoms with Gasteiger partial charge in [-0.05, 0) is 67.6 Å². The topological polar surface area (TPSA) is 36.5 Å². The molecule has 1 heterocycles. The van der Waals surface area contributed by atoms with Gasteiger partial charge in [-0.2, -0.15) is 0 Å². The molecule has 5 heteroatoms. The van der Waals surface area contributed by atoms with Crippen molar-refractivity contribution in [2.75, 3.05) is 36.5 Å². The van der Waals surface area contributed by atoms with Crippen molar-refractivity contribution in [1.29, 1.82) is 0 Å². The molecule has 1 aromatic rings. The Morgan fingerprint density at radius 3 is 2.52 bits per heavy atom. The molecule has 124 valence electrons. The van der Waals surface area contributed by atoms with E-state index in [9.17, 15) is 0 Å². The largest absolute Gasteiger partial charge is 0.378 e. The summed E-state index contributed by atoms with van der Waals surface area (Å²) in [5.41, 5.74) is 2.31. The third-order valence-corrected chi connectivity index (χ3v) is 5.78. The lowest BCUT2D eigenvalue weighted by atomic mass is 9.96. The van der Waals surface area contributed by atoms with Crippen LogP contribution in [0.5, 0.6) is 0 Å². The molecule has 0 spiro atoms. The molecule has 3 atom stereocenters. The smallest absolute Gasteiger partial charge is 0.171 e. The highest BCUT2D eigenvalue weighted by atomic mass is 32.1. The molecular formula is C18H25N3OS. The maximum Gasteiger partial charge on any atom is 0.171 e. The van der Waals surface area contributed by atoms with Gasteiger partial charge in [0.25, 0.3) is 0 Å². The third-order valence-electron chi connectivity index (χ3n) is 5.56. The first-order chi connectivity index (χ1) is 11.3. The average molecular weight is 331 g/mol. The standard InChI is InChI=1S/C18H25N3OS/c23-18(20-17-12-13-1-2-14(17)11-13)19-15-3-5-16(6-4-15)21-7-9-22-10-8-21/h3-6,13-14,17H,1-2,7-12H2,(H2,19,20,23)/t13-,14-,17-/m0/s1. The van der Waals surface area contributed by atoms with E-state index in [1.54, 1.807) is 0 Å². The molecule has 2 aliphatic carbocycles. The van der Waals surface area contributed by atoms with E-state index in [4.69, 9.17) is 17.0 Å². The Kier molecular flexibility index (Phi) is 4.40. The van der Waals surface area contributed by atoms with Crippen LogP contribution < -0.4 is 15.5 Å². The van der Waals surface area contributed by atoms with E-state index >= 15 is 0 Å². The first-order valence-corrected chi connectivity index (χ1v) is 9.19. The van der Waals surface area contributed by atoms with Crippen LogP contribution in [0.15, 0.2) is 24.3 Å². The minimum Gasteiger partial charge on any atom is -0.378 e. The molecule has 1 aliphatic heterocycles. The Bertz CT molecular complexity index is 556. The molecule has 3 fully saturated rings. The van der Waals surface area contributed by atoms with Crippen molar-refractivity contribution in [1.82, 2.24) is 5.32 Å². The number of thiocarbonyl (C=S) groups is 1. The lowest BCUT2D eigenvalue weighted by molar-refractivity contribution is 0.122. The third kappa shape index (κ3) is 3.45. The molecule has 0 radical (unpaired) electrons. The summed E-state index contributed by atoms with van der Waals surface area (Å²) in [6, 6.07) is 9.13. The number of hydrogen-bond acceptors (Lipinski definition) is 3. The fourth-order valence-electron chi connectivity index (χ4n) is 4.33. The van der Waals surface area contributed by atoms with Crippen LogP contribution in [0, 0.1) is 11.8 Å². The summed E-state index contributed by atoms with van der Waals surface area (Å²) in [7, 11) is 0. The zero-order chi connectivity index (χ0) is 15.6. The van der Waals surface area contributed by atoms with E-state index in [0.29, 0.717) is 6.04 Å². The second kappa shape index (κ2) is 6.65. The fourth-order valence-corrected chi connectivity index (χ4v) is 4.60. The summed E-state index contributed by atoms with van der Waals surface area (Å²) in [6.45, 7) is 3.57. The van der Waals surface area contributed by atoms with Crippen LogP contribution in [-0.4, -0.2) is 37.5 Å². The second-order valence-corrected chi connectivity index (χ2v) is 7.43. The lowest BCUT2D eigenvalue weighted by Crippen LogP contribution is -2.40. The molecule has 23 heavy (non-hydrogen) atoms. The van der Waals surface area contributed by atoms with Gasteiger partial charge in [0.15, 0.2) is 5.11 Å². The number of morpholine rings is 1. The summed E-state index contributed by atoms with van der Waals surface area (Å²) in [6.07, 6.45) is 5.49. The average Bonchev–Trinajstić information content (AvgIpc) is 3.19. The molecule has 4 nitrogen and oxygen atoms in total. The Morgan fingerprint density at radius 2 is 1.87 bits per heavy atom. The first-order valence-electron chi connectivity index (χ1n) is 8.78. The first kappa shape index (κ1) is 15.2. The molecule has 0 aromatic heterocycles. The van der Waals surface area contributed by atoms with Crippen LogP contribution in [-0.2, 0) is 4.74 Å². The predicted molar refractivity (Wildman–Crippen MR) is 98.1 cm³/mol. The van der Waals surface area contributed by atoms with Gasteiger partial charge in [0.2, 0.25) is 0 Å². The summed E-state index contributed by atoms with van der Waals surface area (Å²) in [5.74, 6) is 1.77. The summed E-state index contributed by atoms with van der Waals surface area (Å²) >= 11 is 5.50. The molecule has 2 N–H and O–H groups in total. The van der Waals surface area contributed by atoms with Crippen molar-refractivity contribution >= 4 is 28.7 Å². The maximum atomic E-state index is 5.50. The van der Waals surface area contributed by atoms with Crippen LogP contribution in [0.3, 0.4) is 0 Å². The Labute approximate surface area is 143 Å². The van der Waals surface area contributed by atoms with Crippen molar-refractivity contribution in [3.8, 4) is 0 Å². The summed E-state index contributed by atoms with van der Waals surface area (Å²) in [5, 5.41) is 7.63. The van der Waals surface area contributed by atoms with Gasteiger partial charge in [-0.15, -0.1) is 0 Å². The number of anilines is 2. The van der Waals surface area contributed by atoms with E-state index in [1.807, 2.05) is 0 Å². The van der Waals surface area contributed by atoms with Gasteiger partial charge < -0.3 is 20.3 Å². The lowest BCUT2D eigenvalue weighted by Gasteiger charge is -2.29. The molecular weight excluding hydrogens is 306 g/mol. The number of nitrogens with one attached hydrogen (secondary N) is 2. The number of nitrogens with zero attached hydrogens (tertiary/aromatic N) is 1. The van der Waals surface area contributed by atoms with Crippen LogP contribution in [0.4, 0.5) is 11.4 Å². The number of hydrogen-bond donors (Lipinski definition) is 2. The molecule has 1 saturated heterocycles. The van der Waals surface area contributed by atoms with Gasteiger partial charge in [0.05, 0.1) is 13.2 Å². The zero-order valence-corrected chi connectivity index (χ0v) is 14.3. The van der Waals surface area contributed by atoms with Crippen LogP contribution >= 0.6 is 12.2 Å². The van der Waals surface area contributed by atoms with Gasteiger partial charge in [-0.1, -0.05) is 6.42 Å². The minimum absolute atomic E-state index is 0.585. The van der Waals surface area contributed by atoms with Crippen molar-refractivity contribution in [2.24, 2.45) is 11.8 Å². The Hall–Kier alpha value is -1.33. The van der Waals surface area contributed by atoms with Crippen LogP contribution in [0.25, 0.3) is 0 Å². The van der Waals surface area contributed by atoms with Crippen LogP contribution in [0.2, 0.25) is 0 Å². The van der Waals surface area contributed by atoms with Gasteiger partial charge in [-0.25, -0.2) is 0 Å². The number of fused-ring (bicyclic) bond motifs is 2. The number of ether oxygens (including phenoxy) is 1. The van der Waals surface area contributed by atoms with E-state index in [-0.39, 0.29) is 0 Å². The van der Waals surface area contributed by atoms with Crippen molar-refractivity contribution < 1.29 is 4.74 Å². The summed E-state index contributed by atoms with van der Waals surface area (Å²) < 4.78 is 5.40. The Morgan fingerprint density at radius 1 is 1.09 bits per heavy atom. The monoisotopic (exact) mass is 331 g/mol. The van der Waals surface area contributed by atoms with Crippen molar-refractivity contribution in [3.05, 3.63) is 24.3 Å². The molecule has 4 rings (SSSR count). The Balaban J connectivity index is 1.30. The highest BCUT2D eigenvalue weighted by Crippen LogP contribution is 2.44. The van der Waals surface area contributed by atoms with E-state index in [0.717, 1.165) is 48.9 Å². The maximum absolute atomic E-state index is 5.50. The van der Waals surface area contributed by atoms with Gasteiger partial charge in [0.1, 0.15) is 0 Å².